The van der Waals surface area contributed by atoms with Gasteiger partial charge in [-0.2, -0.15) is 0 Å². The maximum Gasteiger partial charge on any atom is 0.0657 e. The first-order valence-corrected chi connectivity index (χ1v) is 9.95. The van der Waals surface area contributed by atoms with E-state index in [0.29, 0.717) is 12.0 Å². The van der Waals surface area contributed by atoms with E-state index in [2.05, 4.69) is 56.0 Å². The van der Waals surface area contributed by atoms with Gasteiger partial charge in [-0.3, -0.25) is 4.99 Å². The molecule has 2 aromatic heterocycles. The molecule has 0 atom stereocenters. The van der Waals surface area contributed by atoms with Gasteiger partial charge in [-0.25, -0.2) is 0 Å². The fraction of sp³-hybridized carbons (Fsp3) is 0.591. The third-order valence-corrected chi connectivity index (χ3v) is 5.48. The highest BCUT2D eigenvalue weighted by Crippen LogP contribution is 2.27. The molecule has 0 aromatic carbocycles. The minimum absolute atomic E-state index is 0.511. The predicted molar refractivity (Wildman–Crippen MR) is 108 cm³/mol. The smallest absolute Gasteiger partial charge is 0.0657 e. The molecule has 0 radical (unpaired) electrons. The molecule has 1 saturated carbocycles. The van der Waals surface area contributed by atoms with Crippen LogP contribution in [0.3, 0.4) is 0 Å². The first-order chi connectivity index (χ1) is 12.0. The van der Waals surface area contributed by atoms with E-state index in [4.69, 9.17) is 4.99 Å². The van der Waals surface area contributed by atoms with Gasteiger partial charge >= 0.3 is 0 Å². The molecule has 0 aliphatic heterocycles. The SMILES string of the molecule is Cc1c(C=NC2CCCCCC2)[nH]c(-c2ccc(CC(C)C)[nH]2)c1C. The second-order valence-corrected chi connectivity index (χ2v) is 8.08. The average molecular weight is 340 g/mol. The van der Waals surface area contributed by atoms with Crippen LogP contribution in [-0.2, 0) is 6.42 Å². The van der Waals surface area contributed by atoms with Gasteiger partial charge in [0.25, 0.3) is 0 Å². The van der Waals surface area contributed by atoms with Crippen LogP contribution in [0.15, 0.2) is 17.1 Å². The number of hydrogen-bond acceptors (Lipinski definition) is 1. The normalized spacial score (nSPS) is 16.8. The van der Waals surface area contributed by atoms with Gasteiger partial charge in [-0.05, 0) is 62.3 Å². The summed E-state index contributed by atoms with van der Waals surface area (Å²) in [5.41, 5.74) is 7.50. The molecule has 1 aliphatic rings. The van der Waals surface area contributed by atoms with Crippen molar-refractivity contribution in [3.63, 3.8) is 0 Å². The quantitative estimate of drug-likeness (QED) is 0.498. The van der Waals surface area contributed by atoms with Crippen molar-refractivity contribution in [2.75, 3.05) is 0 Å². The average Bonchev–Trinajstić information content (AvgIpc) is 3.01. The van der Waals surface area contributed by atoms with Crippen LogP contribution >= 0.6 is 0 Å². The van der Waals surface area contributed by atoms with Crippen LogP contribution in [0.4, 0.5) is 0 Å². The van der Waals surface area contributed by atoms with Gasteiger partial charge in [-0.15, -0.1) is 0 Å². The molecule has 3 nitrogen and oxygen atoms in total. The molecule has 1 fully saturated rings. The second kappa shape index (κ2) is 8.07. The molecular formula is C22H33N3. The molecule has 3 rings (SSSR count). The maximum absolute atomic E-state index is 4.90. The summed E-state index contributed by atoms with van der Waals surface area (Å²) in [4.78, 5) is 12.1. The minimum atomic E-state index is 0.511. The number of hydrogen-bond donors (Lipinski definition) is 2. The number of nitrogens with one attached hydrogen (secondary N) is 2. The Kier molecular flexibility index (Phi) is 5.82. The maximum atomic E-state index is 4.90. The molecule has 0 saturated heterocycles. The van der Waals surface area contributed by atoms with Gasteiger partial charge in [0.1, 0.15) is 0 Å². The Labute approximate surface area is 152 Å². The van der Waals surface area contributed by atoms with Crippen LogP contribution in [-0.4, -0.2) is 22.2 Å². The highest BCUT2D eigenvalue weighted by Gasteiger charge is 2.14. The van der Waals surface area contributed by atoms with E-state index >= 15 is 0 Å². The summed E-state index contributed by atoms with van der Waals surface area (Å²) in [6, 6.07) is 4.92. The van der Waals surface area contributed by atoms with Crippen molar-refractivity contribution in [1.82, 2.24) is 9.97 Å². The second-order valence-electron chi connectivity index (χ2n) is 8.08. The number of aliphatic imine (C=N–C) groups is 1. The lowest BCUT2D eigenvalue weighted by atomic mass is 10.1. The van der Waals surface area contributed by atoms with Gasteiger partial charge in [0.2, 0.25) is 0 Å². The van der Waals surface area contributed by atoms with E-state index in [1.165, 1.54) is 66.7 Å². The van der Waals surface area contributed by atoms with Crippen molar-refractivity contribution in [2.45, 2.75) is 78.7 Å². The zero-order valence-electron chi connectivity index (χ0n) is 16.3. The molecule has 3 heteroatoms. The first-order valence-electron chi connectivity index (χ1n) is 9.95. The van der Waals surface area contributed by atoms with Crippen LogP contribution in [0.1, 0.15) is 74.9 Å². The van der Waals surface area contributed by atoms with E-state index in [1.807, 2.05) is 0 Å². The van der Waals surface area contributed by atoms with E-state index in [-0.39, 0.29) is 0 Å². The number of rotatable bonds is 5. The Balaban J connectivity index is 1.78. The van der Waals surface area contributed by atoms with Crippen molar-refractivity contribution in [3.05, 3.63) is 34.6 Å². The molecule has 0 amide bonds. The molecule has 2 aromatic rings. The van der Waals surface area contributed by atoms with Crippen molar-refractivity contribution in [3.8, 4) is 11.4 Å². The van der Waals surface area contributed by atoms with Gasteiger partial charge in [-0.1, -0.05) is 39.5 Å². The summed E-state index contributed by atoms with van der Waals surface area (Å²) in [7, 11) is 0. The zero-order chi connectivity index (χ0) is 17.8. The van der Waals surface area contributed by atoms with E-state index in [9.17, 15) is 0 Å². The number of aromatic amines is 2. The Morgan fingerprint density at radius 3 is 2.44 bits per heavy atom. The molecule has 136 valence electrons. The lowest BCUT2D eigenvalue weighted by Gasteiger charge is -2.07. The van der Waals surface area contributed by atoms with Gasteiger partial charge in [0.05, 0.1) is 23.1 Å². The lowest BCUT2D eigenvalue weighted by Crippen LogP contribution is -2.03. The molecule has 0 bridgehead atoms. The summed E-state index contributed by atoms with van der Waals surface area (Å²) in [6.07, 6.45) is 11.1. The number of H-pyrrole nitrogens is 2. The number of nitrogens with zero attached hydrogens (tertiary/aromatic N) is 1. The Morgan fingerprint density at radius 1 is 1.04 bits per heavy atom. The largest absolute Gasteiger partial charge is 0.357 e. The molecular weight excluding hydrogens is 306 g/mol. The van der Waals surface area contributed by atoms with Crippen molar-refractivity contribution in [1.29, 1.82) is 0 Å². The van der Waals surface area contributed by atoms with Crippen LogP contribution in [0.2, 0.25) is 0 Å². The Hall–Kier alpha value is -1.77. The molecule has 25 heavy (non-hydrogen) atoms. The van der Waals surface area contributed by atoms with Gasteiger partial charge in [0, 0.05) is 11.9 Å². The summed E-state index contributed by atoms with van der Waals surface area (Å²) >= 11 is 0. The van der Waals surface area contributed by atoms with Crippen molar-refractivity contribution in [2.24, 2.45) is 10.9 Å². The standard InChI is InChI=1S/C22H33N3/c1-15(2)13-19-11-12-20(24-19)22-17(4)16(3)21(25-22)14-23-18-9-7-5-6-8-10-18/h11-12,14-15,18,24-25H,5-10,13H2,1-4H3. The van der Waals surface area contributed by atoms with Crippen molar-refractivity contribution >= 4 is 6.21 Å². The fourth-order valence-corrected chi connectivity index (χ4v) is 3.84. The summed E-state index contributed by atoms with van der Waals surface area (Å²) in [5.74, 6) is 0.667. The highest BCUT2D eigenvalue weighted by atomic mass is 14.8. The van der Waals surface area contributed by atoms with Gasteiger partial charge in [0.15, 0.2) is 0 Å². The summed E-state index contributed by atoms with van der Waals surface area (Å²) < 4.78 is 0. The summed E-state index contributed by atoms with van der Waals surface area (Å²) in [5, 5.41) is 0. The zero-order valence-corrected chi connectivity index (χ0v) is 16.3. The van der Waals surface area contributed by atoms with Gasteiger partial charge < -0.3 is 9.97 Å². The fourth-order valence-electron chi connectivity index (χ4n) is 3.84. The van der Waals surface area contributed by atoms with Crippen molar-refractivity contribution < 1.29 is 0 Å². The van der Waals surface area contributed by atoms with E-state index < -0.39 is 0 Å². The number of aromatic nitrogens is 2. The molecule has 1 aliphatic carbocycles. The Bertz CT molecular complexity index is 710. The Morgan fingerprint density at radius 2 is 1.76 bits per heavy atom. The van der Waals surface area contributed by atoms with E-state index in [1.54, 1.807) is 0 Å². The summed E-state index contributed by atoms with van der Waals surface area (Å²) in [6.45, 7) is 8.91. The van der Waals surface area contributed by atoms with Crippen LogP contribution in [0, 0.1) is 19.8 Å². The monoisotopic (exact) mass is 339 g/mol. The minimum Gasteiger partial charge on any atom is -0.357 e. The molecule has 0 spiro atoms. The lowest BCUT2D eigenvalue weighted by molar-refractivity contribution is 0.588. The molecule has 2 N–H and O–H groups in total. The molecule has 2 heterocycles. The topological polar surface area (TPSA) is 43.9 Å². The highest BCUT2D eigenvalue weighted by molar-refractivity contribution is 5.83. The first kappa shape index (κ1) is 18.0. The third-order valence-electron chi connectivity index (χ3n) is 5.48. The predicted octanol–water partition coefficient (Wildman–Crippen LogP) is 5.97. The van der Waals surface area contributed by atoms with Crippen LogP contribution in [0.25, 0.3) is 11.4 Å². The van der Waals surface area contributed by atoms with Crippen LogP contribution < -0.4 is 0 Å². The van der Waals surface area contributed by atoms with E-state index in [0.717, 1.165) is 12.1 Å². The van der Waals surface area contributed by atoms with Crippen LogP contribution in [0.5, 0.6) is 0 Å². The molecule has 0 unspecified atom stereocenters. The third kappa shape index (κ3) is 4.45.